The third-order valence-electron chi connectivity index (χ3n) is 3.69. The monoisotopic (exact) mass is 247 g/mol. The van der Waals surface area contributed by atoms with Crippen molar-refractivity contribution < 1.29 is 4.74 Å². The lowest BCUT2D eigenvalue weighted by Crippen LogP contribution is -2.31. The van der Waals surface area contributed by atoms with Gasteiger partial charge in [-0.1, -0.05) is 45.0 Å². The van der Waals surface area contributed by atoms with Gasteiger partial charge < -0.3 is 10.1 Å². The van der Waals surface area contributed by atoms with Crippen LogP contribution in [0.5, 0.6) is 0 Å². The summed E-state index contributed by atoms with van der Waals surface area (Å²) in [5, 5.41) is 3.63. The molecule has 1 fully saturated rings. The van der Waals surface area contributed by atoms with E-state index in [0.29, 0.717) is 12.1 Å². The Morgan fingerprint density at radius 3 is 2.39 bits per heavy atom. The summed E-state index contributed by atoms with van der Waals surface area (Å²) in [6.45, 7) is 10.7. The van der Waals surface area contributed by atoms with E-state index in [1.54, 1.807) is 0 Å². The molecule has 1 aromatic carbocycles. The van der Waals surface area contributed by atoms with Crippen LogP contribution in [0.25, 0.3) is 0 Å². The molecule has 1 aromatic rings. The van der Waals surface area contributed by atoms with Crippen molar-refractivity contribution in [3.05, 3.63) is 35.4 Å². The van der Waals surface area contributed by atoms with Crippen LogP contribution in [0.15, 0.2) is 24.3 Å². The first-order valence-electron chi connectivity index (χ1n) is 6.91. The van der Waals surface area contributed by atoms with Crippen LogP contribution in [0.2, 0.25) is 0 Å². The predicted molar refractivity (Wildman–Crippen MR) is 75.9 cm³/mol. The molecule has 1 N–H and O–H groups in total. The molecular weight excluding hydrogens is 222 g/mol. The van der Waals surface area contributed by atoms with Crippen molar-refractivity contribution in [2.24, 2.45) is 0 Å². The minimum Gasteiger partial charge on any atom is -0.380 e. The number of benzene rings is 1. The molecule has 0 aromatic heterocycles. The summed E-state index contributed by atoms with van der Waals surface area (Å²) in [7, 11) is 0. The first kappa shape index (κ1) is 13.6. The van der Waals surface area contributed by atoms with E-state index < -0.39 is 0 Å². The molecule has 2 nitrogen and oxygen atoms in total. The van der Waals surface area contributed by atoms with Crippen LogP contribution < -0.4 is 5.32 Å². The fourth-order valence-corrected chi connectivity index (χ4v) is 2.39. The van der Waals surface area contributed by atoms with E-state index >= 15 is 0 Å². The molecule has 18 heavy (non-hydrogen) atoms. The largest absolute Gasteiger partial charge is 0.380 e. The van der Waals surface area contributed by atoms with Gasteiger partial charge in [-0.05, 0) is 29.9 Å². The first-order valence-corrected chi connectivity index (χ1v) is 6.91. The summed E-state index contributed by atoms with van der Waals surface area (Å²) in [4.78, 5) is 0. The Hall–Kier alpha value is -0.860. The van der Waals surface area contributed by atoms with Crippen LogP contribution in [0, 0.1) is 0 Å². The molecule has 1 aliphatic rings. The molecule has 1 saturated heterocycles. The fourth-order valence-electron chi connectivity index (χ4n) is 2.39. The highest BCUT2D eigenvalue weighted by Crippen LogP contribution is 2.24. The topological polar surface area (TPSA) is 21.3 Å². The number of hydrogen-bond acceptors (Lipinski definition) is 2. The standard InChI is InChI=1S/C16H25NO/c1-12(17-15-9-10-18-11-15)13-5-7-14(8-6-13)16(2,3)4/h5-8,12,15,17H,9-11H2,1-4H3. The Labute approximate surface area is 111 Å². The summed E-state index contributed by atoms with van der Waals surface area (Å²) in [5.74, 6) is 0. The Morgan fingerprint density at radius 1 is 1.22 bits per heavy atom. The lowest BCUT2D eigenvalue weighted by Gasteiger charge is -2.22. The zero-order chi connectivity index (χ0) is 13.2. The molecule has 0 aliphatic carbocycles. The summed E-state index contributed by atoms with van der Waals surface area (Å²) in [5.41, 5.74) is 2.98. The minimum absolute atomic E-state index is 0.231. The summed E-state index contributed by atoms with van der Waals surface area (Å²) < 4.78 is 5.40. The van der Waals surface area contributed by atoms with Gasteiger partial charge in [0, 0.05) is 18.7 Å². The Bertz CT molecular complexity index is 371. The average molecular weight is 247 g/mol. The number of rotatable bonds is 3. The molecule has 0 spiro atoms. The van der Waals surface area contributed by atoms with Crippen LogP contribution >= 0.6 is 0 Å². The molecule has 2 atom stereocenters. The lowest BCUT2D eigenvalue weighted by atomic mass is 9.86. The maximum atomic E-state index is 5.40. The summed E-state index contributed by atoms with van der Waals surface area (Å²) in [6.07, 6.45) is 1.13. The van der Waals surface area contributed by atoms with Crippen LogP contribution in [0.4, 0.5) is 0 Å². The van der Waals surface area contributed by atoms with Gasteiger partial charge in [-0.3, -0.25) is 0 Å². The van der Waals surface area contributed by atoms with Gasteiger partial charge in [-0.15, -0.1) is 0 Å². The molecule has 0 saturated carbocycles. The van der Waals surface area contributed by atoms with Gasteiger partial charge in [0.05, 0.1) is 6.61 Å². The van der Waals surface area contributed by atoms with Gasteiger partial charge in [0.1, 0.15) is 0 Å². The van der Waals surface area contributed by atoms with Crippen molar-refractivity contribution >= 4 is 0 Å². The molecule has 2 rings (SSSR count). The van der Waals surface area contributed by atoms with E-state index in [1.165, 1.54) is 11.1 Å². The van der Waals surface area contributed by atoms with Crippen LogP contribution in [0.1, 0.15) is 51.3 Å². The lowest BCUT2D eigenvalue weighted by molar-refractivity contribution is 0.188. The quantitative estimate of drug-likeness (QED) is 0.883. The Balaban J connectivity index is 2.00. The molecule has 1 aliphatic heterocycles. The number of ether oxygens (including phenoxy) is 1. The van der Waals surface area contributed by atoms with Crippen LogP contribution in [-0.2, 0) is 10.2 Å². The van der Waals surface area contributed by atoms with Crippen molar-refractivity contribution in [2.75, 3.05) is 13.2 Å². The Kier molecular flexibility index (Phi) is 4.08. The van der Waals surface area contributed by atoms with Crippen molar-refractivity contribution in [3.8, 4) is 0 Å². The smallest absolute Gasteiger partial charge is 0.0620 e. The molecule has 2 heteroatoms. The number of hydrogen-bond donors (Lipinski definition) is 1. The van der Waals surface area contributed by atoms with Gasteiger partial charge in [0.2, 0.25) is 0 Å². The van der Waals surface area contributed by atoms with E-state index in [9.17, 15) is 0 Å². The van der Waals surface area contributed by atoms with Gasteiger partial charge in [0.25, 0.3) is 0 Å². The third kappa shape index (κ3) is 3.33. The molecule has 100 valence electrons. The molecular formula is C16H25NO. The normalized spacial score (nSPS) is 22.1. The van der Waals surface area contributed by atoms with Gasteiger partial charge in [-0.25, -0.2) is 0 Å². The van der Waals surface area contributed by atoms with Gasteiger partial charge in [0.15, 0.2) is 0 Å². The fraction of sp³-hybridized carbons (Fsp3) is 0.625. The van der Waals surface area contributed by atoms with E-state index in [4.69, 9.17) is 4.74 Å². The van der Waals surface area contributed by atoms with Crippen molar-refractivity contribution in [2.45, 2.75) is 51.6 Å². The zero-order valence-corrected chi connectivity index (χ0v) is 12.0. The first-order chi connectivity index (χ1) is 8.47. The van der Waals surface area contributed by atoms with Crippen molar-refractivity contribution in [3.63, 3.8) is 0 Å². The molecule has 0 amide bonds. The summed E-state index contributed by atoms with van der Waals surface area (Å²) in [6, 6.07) is 9.90. The van der Waals surface area contributed by atoms with Gasteiger partial charge >= 0.3 is 0 Å². The van der Waals surface area contributed by atoms with Crippen LogP contribution in [-0.4, -0.2) is 19.3 Å². The SMILES string of the molecule is CC(NC1CCOC1)c1ccc(C(C)(C)C)cc1. The van der Waals surface area contributed by atoms with E-state index in [2.05, 4.69) is 57.3 Å². The highest BCUT2D eigenvalue weighted by Gasteiger charge is 2.19. The Morgan fingerprint density at radius 2 is 1.89 bits per heavy atom. The van der Waals surface area contributed by atoms with Crippen molar-refractivity contribution in [1.29, 1.82) is 0 Å². The molecule has 1 heterocycles. The van der Waals surface area contributed by atoms with E-state index in [1.807, 2.05) is 0 Å². The van der Waals surface area contributed by atoms with E-state index in [0.717, 1.165) is 19.6 Å². The second-order valence-corrected chi connectivity index (χ2v) is 6.32. The van der Waals surface area contributed by atoms with Crippen LogP contribution in [0.3, 0.4) is 0 Å². The zero-order valence-electron chi connectivity index (χ0n) is 12.0. The maximum Gasteiger partial charge on any atom is 0.0620 e. The molecule has 0 bridgehead atoms. The van der Waals surface area contributed by atoms with Crippen molar-refractivity contribution in [1.82, 2.24) is 5.32 Å². The van der Waals surface area contributed by atoms with E-state index in [-0.39, 0.29) is 5.41 Å². The summed E-state index contributed by atoms with van der Waals surface area (Å²) >= 11 is 0. The minimum atomic E-state index is 0.231. The molecule has 2 unspecified atom stereocenters. The predicted octanol–water partition coefficient (Wildman–Crippen LogP) is 3.42. The maximum absolute atomic E-state index is 5.40. The second-order valence-electron chi connectivity index (χ2n) is 6.32. The highest BCUT2D eigenvalue weighted by atomic mass is 16.5. The van der Waals surface area contributed by atoms with Gasteiger partial charge in [-0.2, -0.15) is 0 Å². The highest BCUT2D eigenvalue weighted by molar-refractivity contribution is 5.29. The molecule has 0 radical (unpaired) electrons. The number of nitrogens with one attached hydrogen (secondary N) is 1. The second kappa shape index (κ2) is 5.41. The average Bonchev–Trinajstić information content (AvgIpc) is 2.81. The third-order valence-corrected chi connectivity index (χ3v) is 3.69.